The third-order valence-electron chi connectivity index (χ3n) is 3.94. The third kappa shape index (κ3) is 3.69. The maximum absolute atomic E-state index is 13.7. The van der Waals surface area contributed by atoms with Gasteiger partial charge in [0.2, 0.25) is 10.0 Å². The van der Waals surface area contributed by atoms with E-state index < -0.39 is 27.5 Å². The molecular weight excluding hydrogens is 363 g/mol. The number of nitrogens with zero attached hydrogens (tertiary/aromatic N) is 1. The van der Waals surface area contributed by atoms with E-state index in [9.17, 15) is 22.7 Å². The van der Waals surface area contributed by atoms with Crippen molar-refractivity contribution in [3.8, 4) is 5.75 Å². The summed E-state index contributed by atoms with van der Waals surface area (Å²) in [5.41, 5.74) is -0.332. The van der Waals surface area contributed by atoms with Crippen LogP contribution in [0.2, 0.25) is 0 Å². The molecule has 0 spiro atoms. The molecule has 138 valence electrons. The Balaban J connectivity index is 1.90. The molecule has 2 aromatic rings. The predicted molar refractivity (Wildman–Crippen MR) is 92.0 cm³/mol. The van der Waals surface area contributed by atoms with Crippen molar-refractivity contribution in [2.24, 2.45) is 0 Å². The average molecular weight is 380 g/mol. The Hall–Kier alpha value is -2.49. The minimum atomic E-state index is -3.83. The molecule has 1 amide bonds. The molecule has 7 nitrogen and oxygen atoms in total. The summed E-state index contributed by atoms with van der Waals surface area (Å²) in [5.74, 6) is -1.86. The van der Waals surface area contributed by atoms with Crippen LogP contribution >= 0.6 is 0 Å². The SMILES string of the molecule is O=C(Nc1ccccc1F)c1cc(S(=O)(=O)N2CCOCC2)ccc1O. The molecule has 1 fully saturated rings. The topological polar surface area (TPSA) is 95.9 Å². The molecule has 0 aromatic heterocycles. The van der Waals surface area contributed by atoms with Crippen LogP contribution in [0.15, 0.2) is 47.4 Å². The maximum Gasteiger partial charge on any atom is 0.259 e. The quantitative estimate of drug-likeness (QED) is 0.843. The summed E-state index contributed by atoms with van der Waals surface area (Å²) < 4.78 is 45.4. The molecule has 0 bridgehead atoms. The van der Waals surface area contributed by atoms with Gasteiger partial charge in [-0.2, -0.15) is 4.31 Å². The highest BCUT2D eigenvalue weighted by atomic mass is 32.2. The van der Waals surface area contributed by atoms with Gasteiger partial charge in [0, 0.05) is 13.1 Å². The normalized spacial score (nSPS) is 15.6. The van der Waals surface area contributed by atoms with E-state index in [0.29, 0.717) is 0 Å². The van der Waals surface area contributed by atoms with Gasteiger partial charge in [-0.15, -0.1) is 0 Å². The molecule has 1 saturated heterocycles. The lowest BCUT2D eigenvalue weighted by Gasteiger charge is -2.26. The van der Waals surface area contributed by atoms with Crippen molar-refractivity contribution in [2.75, 3.05) is 31.6 Å². The lowest BCUT2D eigenvalue weighted by molar-refractivity contribution is 0.0730. The number of phenols is 1. The molecule has 1 heterocycles. The van der Waals surface area contributed by atoms with Gasteiger partial charge in [0.25, 0.3) is 5.91 Å². The zero-order valence-corrected chi connectivity index (χ0v) is 14.5. The summed E-state index contributed by atoms with van der Waals surface area (Å²) in [4.78, 5) is 12.2. The van der Waals surface area contributed by atoms with Crippen LogP contribution in [0.3, 0.4) is 0 Å². The minimum absolute atomic E-state index is 0.0710. The van der Waals surface area contributed by atoms with Crippen molar-refractivity contribution in [2.45, 2.75) is 4.90 Å². The van der Waals surface area contributed by atoms with Crippen LogP contribution in [0.25, 0.3) is 0 Å². The number of benzene rings is 2. The second-order valence-corrected chi connectivity index (χ2v) is 7.57. The van der Waals surface area contributed by atoms with Crippen molar-refractivity contribution >= 4 is 21.6 Å². The first-order chi connectivity index (χ1) is 12.4. The minimum Gasteiger partial charge on any atom is -0.507 e. The number of phenolic OH excluding ortho intramolecular Hbond substituents is 1. The number of ether oxygens (including phenoxy) is 1. The van der Waals surface area contributed by atoms with Gasteiger partial charge >= 0.3 is 0 Å². The Morgan fingerprint density at radius 3 is 2.54 bits per heavy atom. The van der Waals surface area contributed by atoms with Crippen LogP contribution in [0.4, 0.5) is 10.1 Å². The van der Waals surface area contributed by atoms with Crippen LogP contribution in [0, 0.1) is 5.82 Å². The van der Waals surface area contributed by atoms with Crippen molar-refractivity contribution < 1.29 is 27.4 Å². The summed E-state index contributed by atoms with van der Waals surface area (Å²) in [6.45, 7) is 0.996. The first-order valence-corrected chi connectivity index (χ1v) is 9.30. The molecule has 26 heavy (non-hydrogen) atoms. The summed E-state index contributed by atoms with van der Waals surface area (Å²) in [5, 5.41) is 12.3. The van der Waals surface area contributed by atoms with E-state index in [0.717, 1.165) is 12.1 Å². The highest BCUT2D eigenvalue weighted by Crippen LogP contribution is 2.25. The third-order valence-corrected chi connectivity index (χ3v) is 5.84. The Kier molecular flexibility index (Phi) is 5.21. The Labute approximate surface area is 150 Å². The Morgan fingerprint density at radius 2 is 1.85 bits per heavy atom. The number of hydrogen-bond acceptors (Lipinski definition) is 5. The van der Waals surface area contributed by atoms with E-state index in [1.54, 1.807) is 0 Å². The fraction of sp³-hybridized carbons (Fsp3) is 0.235. The molecule has 2 aromatic carbocycles. The van der Waals surface area contributed by atoms with Crippen molar-refractivity contribution in [3.63, 3.8) is 0 Å². The number of morpholine rings is 1. The van der Waals surface area contributed by atoms with Crippen LogP contribution in [-0.4, -0.2) is 50.0 Å². The highest BCUT2D eigenvalue weighted by molar-refractivity contribution is 7.89. The smallest absolute Gasteiger partial charge is 0.259 e. The monoisotopic (exact) mass is 380 g/mol. The van der Waals surface area contributed by atoms with Gasteiger partial charge in [0.05, 0.1) is 29.4 Å². The first kappa shape index (κ1) is 18.3. The fourth-order valence-electron chi connectivity index (χ4n) is 2.55. The molecule has 3 rings (SSSR count). The van der Waals surface area contributed by atoms with Gasteiger partial charge in [0.1, 0.15) is 11.6 Å². The number of para-hydroxylation sites is 1. The molecule has 9 heteroatoms. The summed E-state index contributed by atoms with van der Waals surface area (Å²) >= 11 is 0. The number of carbonyl (C=O) groups excluding carboxylic acids is 1. The Bertz CT molecular complexity index is 927. The van der Waals surface area contributed by atoms with Crippen molar-refractivity contribution in [1.82, 2.24) is 4.31 Å². The lowest BCUT2D eigenvalue weighted by atomic mass is 10.2. The number of carbonyl (C=O) groups is 1. The van der Waals surface area contributed by atoms with Crippen LogP contribution in [0.5, 0.6) is 5.75 Å². The van der Waals surface area contributed by atoms with Crippen molar-refractivity contribution in [1.29, 1.82) is 0 Å². The standard InChI is InChI=1S/C17H17FN2O5S/c18-14-3-1-2-4-15(14)19-17(22)13-11-12(5-6-16(13)21)26(23,24)20-7-9-25-10-8-20/h1-6,11,21H,7-10H2,(H,19,22). The summed E-state index contributed by atoms with van der Waals surface area (Å²) in [6.07, 6.45) is 0. The molecule has 2 N–H and O–H groups in total. The number of halogens is 1. The first-order valence-electron chi connectivity index (χ1n) is 7.86. The number of nitrogens with one attached hydrogen (secondary N) is 1. The van der Waals surface area contributed by atoms with Gasteiger partial charge < -0.3 is 15.2 Å². The van der Waals surface area contributed by atoms with E-state index in [2.05, 4.69) is 5.32 Å². The lowest BCUT2D eigenvalue weighted by Crippen LogP contribution is -2.40. The number of sulfonamides is 1. The highest BCUT2D eigenvalue weighted by Gasteiger charge is 2.28. The maximum atomic E-state index is 13.7. The van der Waals surface area contributed by atoms with Gasteiger partial charge in [-0.3, -0.25) is 4.79 Å². The number of aromatic hydroxyl groups is 1. The number of amides is 1. The van der Waals surface area contributed by atoms with E-state index >= 15 is 0 Å². The Morgan fingerprint density at radius 1 is 1.15 bits per heavy atom. The van der Waals surface area contributed by atoms with E-state index in [4.69, 9.17) is 4.74 Å². The fourth-order valence-corrected chi connectivity index (χ4v) is 3.98. The summed E-state index contributed by atoms with van der Waals surface area (Å²) in [6, 6.07) is 8.98. The molecule has 0 saturated carbocycles. The predicted octanol–water partition coefficient (Wildman–Crippen LogP) is 1.80. The largest absolute Gasteiger partial charge is 0.507 e. The number of anilines is 1. The molecule has 0 radical (unpaired) electrons. The molecule has 1 aliphatic rings. The van der Waals surface area contributed by atoms with Crippen LogP contribution in [-0.2, 0) is 14.8 Å². The van der Waals surface area contributed by atoms with Gasteiger partial charge in [-0.05, 0) is 30.3 Å². The number of rotatable bonds is 4. The van der Waals surface area contributed by atoms with Crippen LogP contribution in [0.1, 0.15) is 10.4 Å². The zero-order chi connectivity index (χ0) is 18.7. The zero-order valence-electron chi connectivity index (χ0n) is 13.7. The van der Waals surface area contributed by atoms with Gasteiger partial charge in [0.15, 0.2) is 0 Å². The molecule has 0 atom stereocenters. The van der Waals surface area contributed by atoms with Crippen LogP contribution < -0.4 is 5.32 Å². The second kappa shape index (κ2) is 7.40. The molecule has 0 unspecified atom stereocenters. The van der Waals surface area contributed by atoms with E-state index in [1.807, 2.05) is 0 Å². The van der Waals surface area contributed by atoms with Gasteiger partial charge in [-0.25, -0.2) is 12.8 Å². The summed E-state index contributed by atoms with van der Waals surface area (Å²) in [7, 11) is -3.83. The second-order valence-electron chi connectivity index (χ2n) is 5.63. The van der Waals surface area contributed by atoms with E-state index in [-0.39, 0.29) is 42.4 Å². The average Bonchev–Trinajstić information content (AvgIpc) is 2.64. The molecule has 1 aliphatic heterocycles. The van der Waals surface area contributed by atoms with E-state index in [1.165, 1.54) is 34.6 Å². The molecule has 0 aliphatic carbocycles. The molecular formula is C17H17FN2O5S. The number of hydrogen-bond donors (Lipinski definition) is 2. The van der Waals surface area contributed by atoms with Gasteiger partial charge in [-0.1, -0.05) is 12.1 Å². The van der Waals surface area contributed by atoms with Crippen molar-refractivity contribution in [3.05, 3.63) is 53.8 Å².